The molecule has 2 aliphatic rings. The van der Waals surface area contributed by atoms with Crippen LogP contribution in [-0.4, -0.2) is 73.8 Å². The maximum atomic E-state index is 9.10. The summed E-state index contributed by atoms with van der Waals surface area (Å²) in [6.07, 6.45) is 2.36. The first-order valence-corrected chi connectivity index (χ1v) is 7.59. The molecule has 0 spiro atoms. The van der Waals surface area contributed by atoms with Gasteiger partial charge in [-0.1, -0.05) is 13.8 Å². The molecule has 2 rings (SSSR count). The Balaban J connectivity index is 0.000000306. The molecule has 0 aromatic rings. The van der Waals surface area contributed by atoms with Crippen molar-refractivity contribution in [2.75, 3.05) is 39.5 Å². The summed E-state index contributed by atoms with van der Waals surface area (Å²) < 4.78 is 10.4. The fourth-order valence-electron chi connectivity index (χ4n) is 1.76. The van der Waals surface area contributed by atoms with Crippen LogP contribution in [0.4, 0.5) is 0 Å². The molecular formula is C14H28N2O6. The van der Waals surface area contributed by atoms with Crippen molar-refractivity contribution in [3.63, 3.8) is 0 Å². The van der Waals surface area contributed by atoms with E-state index in [1.807, 2.05) is 0 Å². The van der Waals surface area contributed by atoms with Crippen LogP contribution >= 0.6 is 0 Å². The summed E-state index contributed by atoms with van der Waals surface area (Å²) in [5, 5.41) is 21.5. The minimum absolute atomic E-state index is 0.615. The molecule has 2 heterocycles. The van der Waals surface area contributed by atoms with Crippen LogP contribution in [0.1, 0.15) is 26.7 Å². The second-order valence-corrected chi connectivity index (χ2v) is 4.88. The molecule has 2 fully saturated rings. The zero-order chi connectivity index (χ0) is 16.8. The number of morpholine rings is 2. The van der Waals surface area contributed by atoms with Crippen LogP contribution < -0.4 is 10.6 Å². The molecule has 0 saturated carbocycles. The van der Waals surface area contributed by atoms with Crippen molar-refractivity contribution in [2.45, 2.75) is 38.8 Å². The monoisotopic (exact) mass is 320 g/mol. The molecule has 0 radical (unpaired) electrons. The van der Waals surface area contributed by atoms with Crippen molar-refractivity contribution >= 4 is 11.9 Å². The summed E-state index contributed by atoms with van der Waals surface area (Å²) in [6.45, 7) is 9.97. The van der Waals surface area contributed by atoms with Gasteiger partial charge in [-0.15, -0.1) is 0 Å². The zero-order valence-corrected chi connectivity index (χ0v) is 13.3. The van der Waals surface area contributed by atoms with Crippen molar-refractivity contribution < 1.29 is 29.3 Å². The number of rotatable bonds is 2. The molecule has 130 valence electrons. The van der Waals surface area contributed by atoms with Crippen LogP contribution in [0.2, 0.25) is 0 Å². The van der Waals surface area contributed by atoms with E-state index in [0.29, 0.717) is 12.1 Å². The van der Waals surface area contributed by atoms with Crippen LogP contribution in [0.25, 0.3) is 0 Å². The molecule has 2 aliphatic heterocycles. The lowest BCUT2D eigenvalue weighted by molar-refractivity contribution is -0.159. The quantitative estimate of drug-likeness (QED) is 0.522. The summed E-state index contributed by atoms with van der Waals surface area (Å²) in [5.74, 6) is -3.65. The van der Waals surface area contributed by atoms with E-state index in [1.54, 1.807) is 0 Å². The predicted molar refractivity (Wildman–Crippen MR) is 81.1 cm³/mol. The van der Waals surface area contributed by atoms with Gasteiger partial charge in [0.05, 0.1) is 26.4 Å². The normalized spacial score (nSPS) is 24.1. The van der Waals surface area contributed by atoms with E-state index in [0.717, 1.165) is 39.5 Å². The average molecular weight is 320 g/mol. The molecule has 2 atom stereocenters. The minimum atomic E-state index is -1.82. The molecule has 0 aliphatic carbocycles. The number of ether oxygens (including phenoxy) is 2. The minimum Gasteiger partial charge on any atom is -0.473 e. The first-order valence-electron chi connectivity index (χ1n) is 7.59. The lowest BCUT2D eigenvalue weighted by Gasteiger charge is -2.21. The van der Waals surface area contributed by atoms with Gasteiger partial charge in [0.2, 0.25) is 0 Å². The number of carbonyl (C=O) groups is 2. The number of nitrogens with one attached hydrogen (secondary N) is 2. The number of carboxylic acid groups (broad SMARTS) is 2. The molecule has 8 heteroatoms. The fourth-order valence-corrected chi connectivity index (χ4v) is 1.76. The Bertz CT molecular complexity index is 272. The molecule has 4 N–H and O–H groups in total. The van der Waals surface area contributed by atoms with Crippen molar-refractivity contribution in [3.05, 3.63) is 0 Å². The van der Waals surface area contributed by atoms with Crippen molar-refractivity contribution in [1.82, 2.24) is 10.6 Å². The maximum Gasteiger partial charge on any atom is 0.414 e. The highest BCUT2D eigenvalue weighted by molar-refractivity contribution is 6.27. The van der Waals surface area contributed by atoms with Gasteiger partial charge in [0, 0.05) is 25.2 Å². The summed E-state index contributed by atoms with van der Waals surface area (Å²) >= 11 is 0. The van der Waals surface area contributed by atoms with Gasteiger partial charge in [0.15, 0.2) is 0 Å². The van der Waals surface area contributed by atoms with Crippen LogP contribution in [0.15, 0.2) is 0 Å². The second kappa shape index (κ2) is 13.4. The van der Waals surface area contributed by atoms with Crippen molar-refractivity contribution in [3.8, 4) is 0 Å². The van der Waals surface area contributed by atoms with Gasteiger partial charge in [0.25, 0.3) is 0 Å². The number of aliphatic carboxylic acids is 2. The third-order valence-corrected chi connectivity index (χ3v) is 3.17. The molecule has 8 nitrogen and oxygen atoms in total. The number of hydrogen-bond donors (Lipinski definition) is 4. The van der Waals surface area contributed by atoms with E-state index in [9.17, 15) is 0 Å². The van der Waals surface area contributed by atoms with Crippen molar-refractivity contribution in [1.29, 1.82) is 0 Å². The van der Waals surface area contributed by atoms with Crippen LogP contribution in [0, 0.1) is 0 Å². The number of hydrogen-bond acceptors (Lipinski definition) is 6. The predicted octanol–water partition coefficient (Wildman–Crippen LogP) is -0.0748. The lowest BCUT2D eigenvalue weighted by atomic mass is 10.2. The Labute approximate surface area is 131 Å². The second-order valence-electron chi connectivity index (χ2n) is 4.88. The Hall–Kier alpha value is -1.22. The maximum absolute atomic E-state index is 9.10. The molecule has 22 heavy (non-hydrogen) atoms. The van der Waals surface area contributed by atoms with E-state index in [-0.39, 0.29) is 0 Å². The molecule has 0 aromatic carbocycles. The smallest absolute Gasteiger partial charge is 0.414 e. The average Bonchev–Trinajstić information content (AvgIpc) is 2.57. The number of carboxylic acids is 2. The summed E-state index contributed by atoms with van der Waals surface area (Å²) in [5.41, 5.74) is 0. The molecule has 0 amide bonds. The molecular weight excluding hydrogens is 292 g/mol. The van der Waals surface area contributed by atoms with E-state index >= 15 is 0 Å². The molecule has 0 aromatic heterocycles. The Morgan fingerprint density at radius 2 is 1.27 bits per heavy atom. The van der Waals surface area contributed by atoms with E-state index in [4.69, 9.17) is 29.3 Å². The Morgan fingerprint density at radius 1 is 0.909 bits per heavy atom. The van der Waals surface area contributed by atoms with E-state index < -0.39 is 11.9 Å². The van der Waals surface area contributed by atoms with Crippen molar-refractivity contribution in [2.24, 2.45) is 0 Å². The highest BCUT2D eigenvalue weighted by Gasteiger charge is 2.09. The standard InChI is InChI=1S/2C6H13NO.C2H2O4/c2*1-2-6-5-8-4-3-7-6;3-1(4)2(5)6/h2*6-7H,2-5H2,1H3;(H,3,4)(H,5,6). The highest BCUT2D eigenvalue weighted by Crippen LogP contribution is 1.96. The van der Waals surface area contributed by atoms with Gasteiger partial charge in [-0.2, -0.15) is 0 Å². The van der Waals surface area contributed by atoms with E-state index in [2.05, 4.69) is 24.5 Å². The van der Waals surface area contributed by atoms with Crippen LogP contribution in [-0.2, 0) is 19.1 Å². The van der Waals surface area contributed by atoms with Gasteiger partial charge in [-0.05, 0) is 12.8 Å². The van der Waals surface area contributed by atoms with Crippen LogP contribution in [0.5, 0.6) is 0 Å². The third-order valence-electron chi connectivity index (χ3n) is 3.17. The van der Waals surface area contributed by atoms with Gasteiger partial charge in [-0.3, -0.25) is 0 Å². The largest absolute Gasteiger partial charge is 0.473 e. The van der Waals surface area contributed by atoms with Gasteiger partial charge >= 0.3 is 11.9 Å². The first kappa shape index (κ1) is 20.8. The van der Waals surface area contributed by atoms with Gasteiger partial charge in [-0.25, -0.2) is 9.59 Å². The topological polar surface area (TPSA) is 117 Å². The lowest BCUT2D eigenvalue weighted by Crippen LogP contribution is -2.40. The molecule has 0 bridgehead atoms. The third kappa shape index (κ3) is 11.4. The summed E-state index contributed by atoms with van der Waals surface area (Å²) in [4.78, 5) is 18.2. The first-order chi connectivity index (χ1) is 10.5. The Kier molecular flexibility index (Phi) is 12.7. The van der Waals surface area contributed by atoms with E-state index in [1.165, 1.54) is 12.8 Å². The SMILES string of the molecule is CCC1COCCN1.CCC1COCCN1.O=C(O)C(=O)O. The Morgan fingerprint density at radius 3 is 1.41 bits per heavy atom. The van der Waals surface area contributed by atoms with Crippen LogP contribution in [0.3, 0.4) is 0 Å². The summed E-state index contributed by atoms with van der Waals surface area (Å²) in [7, 11) is 0. The van der Waals surface area contributed by atoms with Gasteiger partial charge < -0.3 is 30.3 Å². The zero-order valence-electron chi connectivity index (χ0n) is 13.3. The van der Waals surface area contributed by atoms with Gasteiger partial charge in [0.1, 0.15) is 0 Å². The molecule has 2 saturated heterocycles. The highest BCUT2D eigenvalue weighted by atomic mass is 16.5. The summed E-state index contributed by atoms with van der Waals surface area (Å²) in [6, 6.07) is 1.23. The fraction of sp³-hybridized carbons (Fsp3) is 0.857. The molecule has 2 unspecified atom stereocenters.